The van der Waals surface area contributed by atoms with Gasteiger partial charge in [0.1, 0.15) is 0 Å². The minimum atomic E-state index is -1.11. The highest BCUT2D eigenvalue weighted by Crippen LogP contribution is 2.12. The van der Waals surface area contributed by atoms with Crippen LogP contribution >= 0.6 is 0 Å². The summed E-state index contributed by atoms with van der Waals surface area (Å²) in [7, 11) is 0. The summed E-state index contributed by atoms with van der Waals surface area (Å²) in [5.74, 6) is -1.15. The maximum atomic E-state index is 10.6. The molecule has 1 heterocycles. The van der Waals surface area contributed by atoms with Crippen LogP contribution in [0.3, 0.4) is 0 Å². The van der Waals surface area contributed by atoms with Crippen LogP contribution in [-0.4, -0.2) is 26.1 Å². The summed E-state index contributed by atoms with van der Waals surface area (Å²) >= 11 is 0. The predicted octanol–water partition coefficient (Wildman–Crippen LogP) is 0.139. The molecular weight excluding hydrogens is 160 g/mol. The Morgan fingerprint density at radius 1 is 1.67 bits per heavy atom. The molecule has 1 rings (SSSR count). The number of nitrogens with zero attached hydrogens (tertiary/aromatic N) is 3. The summed E-state index contributed by atoms with van der Waals surface area (Å²) in [5.41, 5.74) is 5.25. The number of nitrogen functional groups attached to an aromatic ring is 1. The molecule has 6 nitrogen and oxygen atoms in total. The topological polar surface area (TPSA) is 94.0 Å². The zero-order valence-electron chi connectivity index (χ0n) is 6.85. The van der Waals surface area contributed by atoms with Crippen LogP contribution in [0.5, 0.6) is 0 Å². The highest BCUT2D eigenvalue weighted by molar-refractivity contribution is 5.90. The van der Waals surface area contributed by atoms with Gasteiger partial charge in [-0.15, -0.1) is 5.10 Å². The fraction of sp³-hybridized carbons (Fsp3) is 0.500. The lowest BCUT2D eigenvalue weighted by Gasteiger charge is -2.05. The van der Waals surface area contributed by atoms with Crippen LogP contribution in [-0.2, 0) is 0 Å². The molecule has 3 N–H and O–H groups in total. The normalized spacial score (nSPS) is 10.6. The summed E-state index contributed by atoms with van der Waals surface area (Å²) in [6.07, 6.45) is 0. The molecule has 12 heavy (non-hydrogen) atoms. The van der Waals surface area contributed by atoms with Gasteiger partial charge in [-0.25, -0.2) is 9.48 Å². The average molecular weight is 170 g/mol. The van der Waals surface area contributed by atoms with Crippen LogP contribution in [0.4, 0.5) is 5.82 Å². The number of carbonyl (C=O) groups is 1. The van der Waals surface area contributed by atoms with E-state index in [4.69, 9.17) is 10.8 Å². The molecule has 0 aromatic carbocycles. The van der Waals surface area contributed by atoms with Crippen molar-refractivity contribution in [3.8, 4) is 0 Å². The Labute approximate surface area is 69.0 Å². The average Bonchev–Trinajstić information content (AvgIpc) is 2.30. The molecule has 0 fully saturated rings. The lowest BCUT2D eigenvalue weighted by molar-refractivity contribution is 0.0682. The molecule has 0 saturated carbocycles. The van der Waals surface area contributed by atoms with Crippen LogP contribution < -0.4 is 5.73 Å². The fourth-order valence-corrected chi connectivity index (χ4v) is 0.875. The van der Waals surface area contributed by atoms with Crippen LogP contribution in [0.2, 0.25) is 0 Å². The van der Waals surface area contributed by atoms with Gasteiger partial charge in [0.2, 0.25) is 0 Å². The molecule has 0 aliphatic carbocycles. The number of aromatic carboxylic acids is 1. The number of rotatable bonds is 2. The molecule has 0 spiro atoms. The molecule has 6 heteroatoms. The standard InChI is InChI=1S/C6H10N4O2/c1-3(2)10-4(6(11)12)5(7)8-9-10/h3H,7H2,1-2H3,(H,11,12). The minimum Gasteiger partial charge on any atom is -0.476 e. The Morgan fingerprint density at radius 3 is 2.58 bits per heavy atom. The van der Waals surface area contributed by atoms with Gasteiger partial charge in [-0.1, -0.05) is 5.21 Å². The zero-order valence-corrected chi connectivity index (χ0v) is 6.85. The van der Waals surface area contributed by atoms with Gasteiger partial charge < -0.3 is 10.8 Å². The number of anilines is 1. The van der Waals surface area contributed by atoms with E-state index in [1.54, 1.807) is 13.8 Å². The Kier molecular flexibility index (Phi) is 1.99. The second-order valence-electron chi connectivity index (χ2n) is 2.67. The maximum Gasteiger partial charge on any atom is 0.358 e. The SMILES string of the molecule is CC(C)n1nnc(N)c1C(=O)O. The molecule has 0 amide bonds. The Bertz CT molecular complexity index is 304. The van der Waals surface area contributed by atoms with E-state index >= 15 is 0 Å². The Balaban J connectivity index is 3.21. The van der Waals surface area contributed by atoms with Crippen molar-refractivity contribution in [2.45, 2.75) is 19.9 Å². The molecule has 0 unspecified atom stereocenters. The number of hydrogen-bond acceptors (Lipinski definition) is 4. The van der Waals surface area contributed by atoms with Crippen LogP contribution in [0.15, 0.2) is 0 Å². The van der Waals surface area contributed by atoms with E-state index in [9.17, 15) is 4.79 Å². The summed E-state index contributed by atoms with van der Waals surface area (Å²) in [4.78, 5) is 10.6. The zero-order chi connectivity index (χ0) is 9.30. The summed E-state index contributed by atoms with van der Waals surface area (Å²) in [6, 6.07) is -0.0547. The number of aromatic nitrogens is 3. The molecule has 0 saturated heterocycles. The molecular formula is C6H10N4O2. The third-order valence-corrected chi connectivity index (χ3v) is 1.41. The van der Waals surface area contributed by atoms with Crippen LogP contribution in [0, 0.1) is 0 Å². The quantitative estimate of drug-likeness (QED) is 0.658. The number of carboxylic acid groups (broad SMARTS) is 1. The van der Waals surface area contributed by atoms with Gasteiger partial charge in [-0.3, -0.25) is 0 Å². The van der Waals surface area contributed by atoms with Crippen molar-refractivity contribution in [3.63, 3.8) is 0 Å². The first-order valence-corrected chi connectivity index (χ1v) is 3.48. The van der Waals surface area contributed by atoms with Crippen molar-refractivity contribution in [2.24, 2.45) is 0 Å². The number of hydrogen-bond donors (Lipinski definition) is 2. The molecule has 0 atom stereocenters. The molecule has 66 valence electrons. The van der Waals surface area contributed by atoms with E-state index in [0.29, 0.717) is 0 Å². The highest BCUT2D eigenvalue weighted by atomic mass is 16.4. The summed E-state index contributed by atoms with van der Waals surface area (Å²) < 4.78 is 1.28. The summed E-state index contributed by atoms with van der Waals surface area (Å²) in [5, 5.41) is 15.8. The molecule has 0 aliphatic heterocycles. The lowest BCUT2D eigenvalue weighted by Crippen LogP contribution is -2.13. The van der Waals surface area contributed by atoms with Crippen molar-refractivity contribution >= 4 is 11.8 Å². The predicted molar refractivity (Wildman–Crippen MR) is 41.8 cm³/mol. The Morgan fingerprint density at radius 2 is 2.25 bits per heavy atom. The van der Waals surface area contributed by atoms with E-state index in [-0.39, 0.29) is 17.6 Å². The van der Waals surface area contributed by atoms with Crippen molar-refractivity contribution < 1.29 is 9.90 Å². The van der Waals surface area contributed by atoms with Gasteiger partial charge in [-0.2, -0.15) is 0 Å². The highest BCUT2D eigenvalue weighted by Gasteiger charge is 2.18. The second-order valence-corrected chi connectivity index (χ2v) is 2.67. The van der Waals surface area contributed by atoms with Gasteiger partial charge in [-0.05, 0) is 13.8 Å². The molecule has 1 aromatic rings. The Hall–Kier alpha value is -1.59. The second kappa shape index (κ2) is 2.80. The van der Waals surface area contributed by atoms with Crippen molar-refractivity contribution in [1.29, 1.82) is 0 Å². The van der Waals surface area contributed by atoms with Gasteiger partial charge in [0.15, 0.2) is 11.5 Å². The van der Waals surface area contributed by atoms with Gasteiger partial charge in [0.05, 0.1) is 0 Å². The van der Waals surface area contributed by atoms with Crippen LogP contribution in [0.1, 0.15) is 30.4 Å². The van der Waals surface area contributed by atoms with Crippen molar-refractivity contribution in [3.05, 3.63) is 5.69 Å². The maximum absolute atomic E-state index is 10.6. The number of nitrogens with two attached hydrogens (primary N) is 1. The largest absolute Gasteiger partial charge is 0.476 e. The number of carboxylic acids is 1. The van der Waals surface area contributed by atoms with Gasteiger partial charge >= 0.3 is 5.97 Å². The first kappa shape index (κ1) is 8.51. The third-order valence-electron chi connectivity index (χ3n) is 1.41. The lowest BCUT2D eigenvalue weighted by atomic mass is 10.3. The first-order chi connectivity index (χ1) is 5.54. The summed E-state index contributed by atoms with van der Waals surface area (Å²) in [6.45, 7) is 3.61. The van der Waals surface area contributed by atoms with Gasteiger partial charge in [0, 0.05) is 6.04 Å². The van der Waals surface area contributed by atoms with Gasteiger partial charge in [0.25, 0.3) is 0 Å². The molecule has 0 aliphatic rings. The molecule has 0 bridgehead atoms. The van der Waals surface area contributed by atoms with Crippen molar-refractivity contribution in [2.75, 3.05) is 5.73 Å². The molecule has 0 radical (unpaired) electrons. The van der Waals surface area contributed by atoms with E-state index < -0.39 is 5.97 Å². The van der Waals surface area contributed by atoms with E-state index in [0.717, 1.165) is 0 Å². The van der Waals surface area contributed by atoms with Crippen molar-refractivity contribution in [1.82, 2.24) is 15.0 Å². The first-order valence-electron chi connectivity index (χ1n) is 3.48. The fourth-order valence-electron chi connectivity index (χ4n) is 0.875. The van der Waals surface area contributed by atoms with E-state index in [1.165, 1.54) is 4.68 Å². The third kappa shape index (κ3) is 1.23. The smallest absolute Gasteiger partial charge is 0.358 e. The monoisotopic (exact) mass is 170 g/mol. The van der Waals surface area contributed by atoms with E-state index in [2.05, 4.69) is 10.3 Å². The minimum absolute atomic E-state index is 0.0452. The van der Waals surface area contributed by atoms with E-state index in [1.807, 2.05) is 0 Å². The molecule has 1 aromatic heterocycles. The van der Waals surface area contributed by atoms with Crippen LogP contribution in [0.25, 0.3) is 0 Å².